The number of ether oxygens (including phenoxy) is 1. The van der Waals surface area contributed by atoms with Gasteiger partial charge < -0.3 is 14.6 Å². The van der Waals surface area contributed by atoms with Crippen LogP contribution in [0.2, 0.25) is 0 Å². The molecule has 2 aromatic heterocycles. The number of rotatable bonds is 4. The summed E-state index contributed by atoms with van der Waals surface area (Å²) >= 11 is 0. The number of carbonyl (C=O) groups excluding carboxylic acids is 1. The van der Waals surface area contributed by atoms with Crippen LogP contribution in [0, 0.1) is 12.8 Å². The number of nitrogens with one attached hydrogen (secondary N) is 1. The predicted octanol–water partition coefficient (Wildman–Crippen LogP) is 3.91. The molecule has 1 N–H and O–H groups in total. The molecule has 0 bridgehead atoms. The standard InChI is InChI=1S/C20H21N3O2/c1-12-15(5-4-6-18(12)25-3)16-9-14-10-19(21-11-17(14)23(16)2)22-20(24)13-7-8-13/h4-6,9-11,13H,7-8H2,1-3H3,(H,21,22,24). The minimum Gasteiger partial charge on any atom is -0.496 e. The molecule has 128 valence electrons. The van der Waals surface area contributed by atoms with Gasteiger partial charge in [-0.2, -0.15) is 0 Å². The molecule has 0 radical (unpaired) electrons. The van der Waals surface area contributed by atoms with Crippen LogP contribution in [0.3, 0.4) is 0 Å². The van der Waals surface area contributed by atoms with Crippen LogP contribution in [0.4, 0.5) is 5.82 Å². The normalized spacial score (nSPS) is 13.9. The number of benzene rings is 1. The first-order valence-electron chi connectivity index (χ1n) is 8.49. The summed E-state index contributed by atoms with van der Waals surface area (Å²) in [6.45, 7) is 2.06. The van der Waals surface area contributed by atoms with Crippen LogP contribution >= 0.6 is 0 Å². The Hall–Kier alpha value is -2.82. The third-order valence-electron chi connectivity index (χ3n) is 4.91. The van der Waals surface area contributed by atoms with Crippen LogP contribution in [0.1, 0.15) is 18.4 Å². The van der Waals surface area contributed by atoms with Gasteiger partial charge in [0.25, 0.3) is 0 Å². The number of hydrogen-bond acceptors (Lipinski definition) is 3. The lowest BCUT2D eigenvalue weighted by Gasteiger charge is -2.11. The van der Waals surface area contributed by atoms with E-state index in [-0.39, 0.29) is 11.8 Å². The summed E-state index contributed by atoms with van der Waals surface area (Å²) in [6, 6.07) is 10.1. The van der Waals surface area contributed by atoms with Crippen molar-refractivity contribution in [2.45, 2.75) is 19.8 Å². The van der Waals surface area contributed by atoms with E-state index in [0.29, 0.717) is 5.82 Å². The number of fused-ring (bicyclic) bond motifs is 1. The summed E-state index contributed by atoms with van der Waals surface area (Å²) in [7, 11) is 3.72. The van der Waals surface area contributed by atoms with E-state index in [2.05, 4.69) is 33.9 Å². The monoisotopic (exact) mass is 335 g/mol. The number of carbonyl (C=O) groups is 1. The second-order valence-corrected chi connectivity index (χ2v) is 6.61. The van der Waals surface area contributed by atoms with E-state index >= 15 is 0 Å². The summed E-state index contributed by atoms with van der Waals surface area (Å²) in [5.74, 6) is 1.73. The molecule has 1 amide bonds. The molecule has 1 fully saturated rings. The molecule has 25 heavy (non-hydrogen) atoms. The van der Waals surface area contributed by atoms with Crippen molar-refractivity contribution in [1.29, 1.82) is 0 Å². The molecule has 3 aromatic rings. The number of pyridine rings is 1. The Morgan fingerprint density at radius 3 is 2.84 bits per heavy atom. The van der Waals surface area contributed by atoms with Gasteiger partial charge in [0.15, 0.2) is 0 Å². The van der Waals surface area contributed by atoms with Crippen molar-refractivity contribution in [3.63, 3.8) is 0 Å². The van der Waals surface area contributed by atoms with E-state index in [4.69, 9.17) is 4.74 Å². The van der Waals surface area contributed by atoms with Crippen LogP contribution in [-0.4, -0.2) is 22.6 Å². The predicted molar refractivity (Wildman–Crippen MR) is 98.8 cm³/mol. The molecule has 4 rings (SSSR count). The van der Waals surface area contributed by atoms with Crippen LogP contribution in [0.5, 0.6) is 5.75 Å². The number of methoxy groups -OCH3 is 1. The first kappa shape index (κ1) is 15.7. The molecule has 5 heteroatoms. The molecule has 2 heterocycles. The van der Waals surface area contributed by atoms with Gasteiger partial charge in [-0.05, 0) is 38.0 Å². The Morgan fingerprint density at radius 2 is 2.12 bits per heavy atom. The third-order valence-corrected chi connectivity index (χ3v) is 4.91. The number of amides is 1. The highest BCUT2D eigenvalue weighted by Gasteiger charge is 2.29. The SMILES string of the molecule is COc1cccc(-c2cc3cc(NC(=O)C4CC4)ncc3n2C)c1C. The van der Waals surface area contributed by atoms with E-state index in [1.54, 1.807) is 7.11 Å². The number of hydrogen-bond donors (Lipinski definition) is 1. The zero-order valence-electron chi connectivity index (χ0n) is 14.7. The maximum Gasteiger partial charge on any atom is 0.228 e. The third kappa shape index (κ3) is 2.76. The minimum absolute atomic E-state index is 0.0756. The van der Waals surface area contributed by atoms with Crippen LogP contribution in [0.25, 0.3) is 22.2 Å². The molecular weight excluding hydrogens is 314 g/mol. The van der Waals surface area contributed by atoms with Gasteiger partial charge >= 0.3 is 0 Å². The van der Waals surface area contributed by atoms with Gasteiger partial charge in [0, 0.05) is 35.2 Å². The Labute approximate surface area is 146 Å². The molecule has 1 saturated carbocycles. The van der Waals surface area contributed by atoms with Gasteiger partial charge in [-0.3, -0.25) is 4.79 Å². The van der Waals surface area contributed by atoms with Gasteiger partial charge in [0.05, 0.1) is 18.8 Å². The fourth-order valence-electron chi connectivity index (χ4n) is 3.25. The lowest BCUT2D eigenvalue weighted by atomic mass is 10.0. The molecule has 0 unspecified atom stereocenters. The fraction of sp³-hybridized carbons (Fsp3) is 0.300. The molecule has 5 nitrogen and oxygen atoms in total. The fourth-order valence-corrected chi connectivity index (χ4v) is 3.25. The largest absolute Gasteiger partial charge is 0.496 e. The van der Waals surface area contributed by atoms with E-state index in [9.17, 15) is 4.79 Å². The molecule has 1 aromatic carbocycles. The topological polar surface area (TPSA) is 56.1 Å². The first-order chi connectivity index (χ1) is 12.1. The number of aryl methyl sites for hydroxylation is 1. The average molecular weight is 335 g/mol. The number of nitrogens with zero attached hydrogens (tertiary/aromatic N) is 2. The first-order valence-corrected chi connectivity index (χ1v) is 8.49. The summed E-state index contributed by atoms with van der Waals surface area (Å²) in [5.41, 5.74) is 4.35. The van der Waals surface area contributed by atoms with Crippen molar-refractivity contribution in [3.8, 4) is 17.0 Å². The van der Waals surface area contributed by atoms with Crippen molar-refractivity contribution in [1.82, 2.24) is 9.55 Å². The van der Waals surface area contributed by atoms with Crippen molar-refractivity contribution >= 4 is 22.6 Å². The van der Waals surface area contributed by atoms with E-state index < -0.39 is 0 Å². The molecule has 1 aliphatic carbocycles. The van der Waals surface area contributed by atoms with Crippen molar-refractivity contribution < 1.29 is 9.53 Å². The quantitative estimate of drug-likeness (QED) is 0.786. The van der Waals surface area contributed by atoms with Crippen LogP contribution in [-0.2, 0) is 11.8 Å². The molecule has 0 saturated heterocycles. The summed E-state index contributed by atoms with van der Waals surface area (Å²) in [4.78, 5) is 16.4. The van der Waals surface area contributed by atoms with Gasteiger partial charge in [-0.15, -0.1) is 0 Å². The minimum atomic E-state index is 0.0756. The molecule has 0 spiro atoms. The zero-order chi connectivity index (χ0) is 17.6. The maximum absolute atomic E-state index is 11.9. The van der Waals surface area contributed by atoms with Gasteiger partial charge in [-0.1, -0.05) is 12.1 Å². The Balaban J connectivity index is 1.75. The Bertz CT molecular complexity index is 970. The van der Waals surface area contributed by atoms with Crippen molar-refractivity contribution in [2.24, 2.45) is 13.0 Å². The average Bonchev–Trinajstić information content (AvgIpc) is 3.41. The Morgan fingerprint density at radius 1 is 1.32 bits per heavy atom. The second-order valence-electron chi connectivity index (χ2n) is 6.61. The lowest BCUT2D eigenvalue weighted by Crippen LogP contribution is -2.14. The summed E-state index contributed by atoms with van der Waals surface area (Å²) in [6.07, 6.45) is 3.79. The highest BCUT2D eigenvalue weighted by atomic mass is 16.5. The van der Waals surface area contributed by atoms with E-state index in [1.807, 2.05) is 31.4 Å². The van der Waals surface area contributed by atoms with E-state index in [1.165, 1.54) is 0 Å². The smallest absolute Gasteiger partial charge is 0.228 e. The zero-order valence-corrected chi connectivity index (χ0v) is 14.7. The summed E-state index contributed by atoms with van der Waals surface area (Å²) < 4.78 is 7.56. The molecule has 0 aliphatic heterocycles. The van der Waals surface area contributed by atoms with Gasteiger partial charge in [0.1, 0.15) is 11.6 Å². The summed E-state index contributed by atoms with van der Waals surface area (Å²) in [5, 5.41) is 3.97. The van der Waals surface area contributed by atoms with Crippen LogP contribution < -0.4 is 10.1 Å². The lowest BCUT2D eigenvalue weighted by molar-refractivity contribution is -0.117. The highest BCUT2D eigenvalue weighted by molar-refractivity contribution is 5.96. The maximum atomic E-state index is 11.9. The van der Waals surface area contributed by atoms with Gasteiger partial charge in [-0.25, -0.2) is 4.98 Å². The molecular formula is C20H21N3O2. The van der Waals surface area contributed by atoms with Crippen LogP contribution in [0.15, 0.2) is 36.5 Å². The number of anilines is 1. The Kier molecular flexibility index (Phi) is 3.71. The highest BCUT2D eigenvalue weighted by Crippen LogP contribution is 2.34. The second kappa shape index (κ2) is 5.92. The van der Waals surface area contributed by atoms with Crippen molar-refractivity contribution in [2.75, 3.05) is 12.4 Å². The van der Waals surface area contributed by atoms with Crippen molar-refractivity contribution in [3.05, 3.63) is 42.1 Å². The van der Waals surface area contributed by atoms with E-state index in [0.717, 1.165) is 46.3 Å². The number of aromatic nitrogens is 2. The van der Waals surface area contributed by atoms with Gasteiger partial charge in [0.2, 0.25) is 5.91 Å². The molecule has 1 aliphatic rings. The molecule has 0 atom stereocenters.